The van der Waals surface area contributed by atoms with Crippen molar-refractivity contribution in [3.05, 3.63) is 54.0 Å². The number of hydrogen-bond acceptors (Lipinski definition) is 2. The molecule has 3 N–H and O–H groups in total. The first kappa shape index (κ1) is 21.3. The van der Waals surface area contributed by atoms with Crippen molar-refractivity contribution in [2.24, 2.45) is 4.99 Å². The highest BCUT2D eigenvalue weighted by Crippen LogP contribution is 2.19. The van der Waals surface area contributed by atoms with Crippen molar-refractivity contribution in [3.8, 4) is 0 Å². The lowest BCUT2D eigenvalue weighted by atomic mass is 10.1. The number of rotatable bonds is 8. The zero-order valence-electron chi connectivity index (χ0n) is 16.0. The highest BCUT2D eigenvalue weighted by molar-refractivity contribution is 14.0. The summed E-state index contributed by atoms with van der Waals surface area (Å²) in [7, 11) is 0. The summed E-state index contributed by atoms with van der Waals surface area (Å²) in [6.07, 6.45) is 7.83. The molecule has 2 aromatic heterocycles. The Labute approximate surface area is 177 Å². The standard InChI is InChI=1S/C20H28N6.HI/c1-3-21-20(22-9-4-12-26-13-5-10-25-26)23-11-8-17-15-24-19-14-16(2)6-7-18(17)19;/h5-7,10,13-15,24H,3-4,8-9,11-12H2,1-2H3,(H2,21,22,23);1H. The number of benzene rings is 1. The monoisotopic (exact) mass is 480 g/mol. The minimum atomic E-state index is 0. The van der Waals surface area contributed by atoms with Gasteiger partial charge in [-0.25, -0.2) is 0 Å². The molecule has 0 saturated heterocycles. The smallest absolute Gasteiger partial charge is 0.191 e. The van der Waals surface area contributed by atoms with Crippen LogP contribution in [-0.4, -0.2) is 40.4 Å². The number of aromatic amines is 1. The lowest BCUT2D eigenvalue weighted by molar-refractivity contribution is 0.584. The van der Waals surface area contributed by atoms with Gasteiger partial charge >= 0.3 is 0 Å². The van der Waals surface area contributed by atoms with Crippen LogP contribution < -0.4 is 10.6 Å². The van der Waals surface area contributed by atoms with E-state index in [1.807, 2.05) is 16.9 Å². The summed E-state index contributed by atoms with van der Waals surface area (Å²) < 4.78 is 1.94. The highest BCUT2D eigenvalue weighted by Gasteiger charge is 2.04. The minimum absolute atomic E-state index is 0. The van der Waals surface area contributed by atoms with Gasteiger partial charge in [-0.05, 0) is 49.9 Å². The first-order valence-electron chi connectivity index (χ1n) is 9.32. The summed E-state index contributed by atoms with van der Waals surface area (Å²) >= 11 is 0. The van der Waals surface area contributed by atoms with Gasteiger partial charge in [0.25, 0.3) is 0 Å². The molecule has 6 nitrogen and oxygen atoms in total. The van der Waals surface area contributed by atoms with Crippen molar-refractivity contribution >= 4 is 40.8 Å². The van der Waals surface area contributed by atoms with Gasteiger partial charge in [0.05, 0.1) is 0 Å². The molecule has 0 saturated carbocycles. The van der Waals surface area contributed by atoms with E-state index < -0.39 is 0 Å². The fraction of sp³-hybridized carbons (Fsp3) is 0.400. The molecule has 2 heterocycles. The third-order valence-electron chi connectivity index (χ3n) is 4.33. The summed E-state index contributed by atoms with van der Waals surface area (Å²) in [5, 5.41) is 12.3. The normalized spacial score (nSPS) is 11.4. The lowest BCUT2D eigenvalue weighted by Gasteiger charge is -2.11. The molecular weight excluding hydrogens is 451 g/mol. The Morgan fingerprint density at radius 2 is 2.19 bits per heavy atom. The topological polar surface area (TPSA) is 70.0 Å². The first-order valence-corrected chi connectivity index (χ1v) is 9.32. The molecule has 0 spiro atoms. The second kappa shape index (κ2) is 11.0. The second-order valence-electron chi connectivity index (χ2n) is 6.42. The molecule has 1 aromatic carbocycles. The first-order chi connectivity index (χ1) is 12.8. The SMILES string of the molecule is CCNC(=NCCCn1cccn1)NCCc1c[nH]c2cc(C)ccc12.I. The van der Waals surface area contributed by atoms with E-state index >= 15 is 0 Å². The van der Waals surface area contributed by atoms with Crippen LogP contribution >= 0.6 is 24.0 Å². The number of guanidine groups is 1. The molecule has 0 amide bonds. The van der Waals surface area contributed by atoms with Crippen LogP contribution in [0.2, 0.25) is 0 Å². The van der Waals surface area contributed by atoms with Crippen LogP contribution in [0.3, 0.4) is 0 Å². The Balaban J connectivity index is 0.00000261. The molecule has 3 aromatic rings. The molecule has 3 rings (SSSR count). The Kier molecular flexibility index (Phi) is 8.63. The van der Waals surface area contributed by atoms with E-state index in [1.165, 1.54) is 22.0 Å². The van der Waals surface area contributed by atoms with Gasteiger partial charge in [0.15, 0.2) is 5.96 Å². The summed E-state index contributed by atoms with van der Waals surface area (Å²) in [5.41, 5.74) is 3.82. The number of nitrogens with one attached hydrogen (secondary N) is 3. The second-order valence-corrected chi connectivity index (χ2v) is 6.42. The van der Waals surface area contributed by atoms with E-state index in [0.717, 1.165) is 45.0 Å². The quantitative estimate of drug-likeness (QED) is 0.200. The number of aryl methyl sites for hydroxylation is 2. The Hall–Kier alpha value is -2.03. The maximum Gasteiger partial charge on any atom is 0.191 e. The van der Waals surface area contributed by atoms with Gasteiger partial charge in [-0.1, -0.05) is 12.1 Å². The molecule has 146 valence electrons. The third-order valence-corrected chi connectivity index (χ3v) is 4.33. The minimum Gasteiger partial charge on any atom is -0.361 e. The molecule has 0 aliphatic rings. The molecule has 0 aliphatic carbocycles. The average Bonchev–Trinajstić information content (AvgIpc) is 3.28. The van der Waals surface area contributed by atoms with Crippen LogP contribution in [0.4, 0.5) is 0 Å². The van der Waals surface area contributed by atoms with Crippen molar-refractivity contribution < 1.29 is 0 Å². The number of halogens is 1. The van der Waals surface area contributed by atoms with Gasteiger partial charge in [-0.3, -0.25) is 9.67 Å². The van der Waals surface area contributed by atoms with Gasteiger partial charge in [-0.2, -0.15) is 5.10 Å². The molecule has 7 heteroatoms. The summed E-state index contributed by atoms with van der Waals surface area (Å²) in [4.78, 5) is 8.02. The fourth-order valence-corrected chi connectivity index (χ4v) is 3.02. The number of H-pyrrole nitrogens is 1. The van der Waals surface area contributed by atoms with Crippen molar-refractivity contribution in [3.63, 3.8) is 0 Å². The van der Waals surface area contributed by atoms with E-state index in [1.54, 1.807) is 6.20 Å². The van der Waals surface area contributed by atoms with Crippen molar-refractivity contribution in [2.75, 3.05) is 19.6 Å². The zero-order chi connectivity index (χ0) is 18.2. The van der Waals surface area contributed by atoms with Crippen LogP contribution in [0.5, 0.6) is 0 Å². The summed E-state index contributed by atoms with van der Waals surface area (Å²) in [5.74, 6) is 0.878. The fourth-order valence-electron chi connectivity index (χ4n) is 3.02. The van der Waals surface area contributed by atoms with Crippen LogP contribution in [0.25, 0.3) is 10.9 Å². The van der Waals surface area contributed by atoms with Crippen LogP contribution in [-0.2, 0) is 13.0 Å². The van der Waals surface area contributed by atoms with E-state index in [2.05, 4.69) is 64.0 Å². The van der Waals surface area contributed by atoms with Gasteiger partial charge in [0, 0.05) is 55.7 Å². The van der Waals surface area contributed by atoms with E-state index in [0.29, 0.717) is 0 Å². The Bertz CT molecular complexity index is 837. The van der Waals surface area contributed by atoms with Crippen LogP contribution in [0.15, 0.2) is 47.8 Å². The van der Waals surface area contributed by atoms with Crippen LogP contribution in [0.1, 0.15) is 24.5 Å². The van der Waals surface area contributed by atoms with Gasteiger partial charge in [0.2, 0.25) is 0 Å². The summed E-state index contributed by atoms with van der Waals surface area (Å²) in [6, 6.07) is 8.50. The largest absolute Gasteiger partial charge is 0.361 e. The molecule has 0 bridgehead atoms. The maximum atomic E-state index is 4.65. The third kappa shape index (κ3) is 6.27. The van der Waals surface area contributed by atoms with Crippen molar-refractivity contribution in [1.82, 2.24) is 25.4 Å². The predicted molar refractivity (Wildman–Crippen MR) is 123 cm³/mol. The van der Waals surface area contributed by atoms with E-state index in [-0.39, 0.29) is 24.0 Å². The lowest BCUT2D eigenvalue weighted by Crippen LogP contribution is -2.38. The predicted octanol–water partition coefficient (Wildman–Crippen LogP) is 3.48. The maximum absolute atomic E-state index is 4.65. The highest BCUT2D eigenvalue weighted by atomic mass is 127. The van der Waals surface area contributed by atoms with Gasteiger partial charge < -0.3 is 15.6 Å². The number of aromatic nitrogens is 3. The average molecular weight is 480 g/mol. The van der Waals surface area contributed by atoms with E-state index in [4.69, 9.17) is 0 Å². The van der Waals surface area contributed by atoms with E-state index in [9.17, 15) is 0 Å². The molecule has 27 heavy (non-hydrogen) atoms. The van der Waals surface area contributed by atoms with Gasteiger partial charge in [-0.15, -0.1) is 24.0 Å². The molecular formula is C20H29IN6. The zero-order valence-corrected chi connectivity index (χ0v) is 18.4. The van der Waals surface area contributed by atoms with Crippen molar-refractivity contribution in [1.29, 1.82) is 0 Å². The van der Waals surface area contributed by atoms with Crippen molar-refractivity contribution in [2.45, 2.75) is 33.2 Å². The molecule has 0 fully saturated rings. The van der Waals surface area contributed by atoms with Gasteiger partial charge in [0.1, 0.15) is 0 Å². The summed E-state index contributed by atoms with van der Waals surface area (Å²) in [6.45, 7) is 7.59. The molecule has 0 unspecified atom stereocenters. The molecule has 0 radical (unpaired) electrons. The Morgan fingerprint density at radius 1 is 1.30 bits per heavy atom. The number of aliphatic imine (C=N–C) groups is 1. The van der Waals surface area contributed by atoms with Crippen LogP contribution in [0, 0.1) is 6.92 Å². The number of nitrogens with zero attached hydrogens (tertiary/aromatic N) is 3. The number of fused-ring (bicyclic) bond motifs is 1. The number of hydrogen-bond donors (Lipinski definition) is 3. The Morgan fingerprint density at radius 3 is 2.96 bits per heavy atom. The molecule has 0 atom stereocenters. The molecule has 0 aliphatic heterocycles.